The molecule has 4 nitrogen and oxygen atoms in total. The summed E-state index contributed by atoms with van der Waals surface area (Å²) >= 11 is 0. The van der Waals surface area contributed by atoms with Gasteiger partial charge in [-0.15, -0.1) is 0 Å². The van der Waals surface area contributed by atoms with Crippen LogP contribution in [-0.4, -0.2) is 18.8 Å². The van der Waals surface area contributed by atoms with E-state index in [9.17, 15) is 0 Å². The fraction of sp³-hybridized carbons (Fsp3) is 0.286. The van der Waals surface area contributed by atoms with Crippen LogP contribution in [0.4, 0.5) is 5.82 Å². The second-order valence-corrected chi connectivity index (χ2v) is 1.91. The monoisotopic (exact) mass is 153 g/mol. The van der Waals surface area contributed by atoms with Gasteiger partial charge in [-0.3, -0.25) is 5.73 Å². The zero-order valence-electron chi connectivity index (χ0n) is 6.37. The number of rotatable bonds is 3. The van der Waals surface area contributed by atoms with Crippen molar-refractivity contribution in [3.05, 3.63) is 18.3 Å². The maximum Gasteiger partial charge on any atom is 0.168 e. The molecule has 0 bridgehead atoms. The lowest BCUT2D eigenvalue weighted by Gasteiger charge is -2.06. The maximum absolute atomic E-state index is 5.21. The van der Waals surface area contributed by atoms with E-state index in [0.717, 1.165) is 0 Å². The topological polar surface area (TPSA) is 60.2 Å². The number of nitrogens with two attached hydrogens (primary N) is 1. The lowest BCUT2D eigenvalue weighted by Crippen LogP contribution is -2.09. The Balaban J connectivity index is 2.83. The Hall–Kier alpha value is -1.29. The third kappa shape index (κ3) is 1.81. The molecule has 1 heterocycles. The van der Waals surface area contributed by atoms with Crippen LogP contribution in [0.15, 0.2) is 18.3 Å². The first-order valence-corrected chi connectivity index (χ1v) is 3.34. The van der Waals surface area contributed by atoms with Gasteiger partial charge in [-0.1, -0.05) is 0 Å². The molecule has 0 aromatic carbocycles. The quantitative estimate of drug-likeness (QED) is 0.618. The molecule has 0 atom stereocenters. The molecule has 0 amide bonds. The van der Waals surface area contributed by atoms with E-state index in [1.807, 2.05) is 6.07 Å². The lowest BCUT2D eigenvalue weighted by atomic mass is 10.4. The summed E-state index contributed by atoms with van der Waals surface area (Å²) in [6.45, 7) is 0.167. The predicted octanol–water partition coefficient (Wildman–Crippen LogP) is 0.418. The zero-order valence-corrected chi connectivity index (χ0v) is 6.37. The van der Waals surface area contributed by atoms with Crippen molar-refractivity contribution in [1.82, 2.24) is 4.98 Å². The average Bonchev–Trinajstić information content (AvgIpc) is 2.06. The Morgan fingerprint density at radius 2 is 2.55 bits per heavy atom. The average molecular weight is 153 g/mol. The molecule has 1 aromatic rings. The van der Waals surface area contributed by atoms with Crippen LogP contribution in [0.25, 0.3) is 0 Å². The van der Waals surface area contributed by atoms with Gasteiger partial charge in [0.2, 0.25) is 0 Å². The van der Waals surface area contributed by atoms with Crippen LogP contribution < -0.4 is 15.8 Å². The summed E-state index contributed by atoms with van der Waals surface area (Å²) in [5.41, 5.74) is 5.21. The number of nitrogens with zero attached hydrogens (tertiary/aromatic N) is 1. The molecule has 0 aliphatic carbocycles. The van der Waals surface area contributed by atoms with Crippen molar-refractivity contribution in [2.24, 2.45) is 5.73 Å². The lowest BCUT2D eigenvalue weighted by molar-refractivity contribution is 0.330. The van der Waals surface area contributed by atoms with Gasteiger partial charge >= 0.3 is 0 Å². The van der Waals surface area contributed by atoms with E-state index in [2.05, 4.69) is 10.3 Å². The van der Waals surface area contributed by atoms with Gasteiger partial charge in [0.1, 0.15) is 6.73 Å². The van der Waals surface area contributed by atoms with Crippen LogP contribution in [0.1, 0.15) is 0 Å². The third-order valence-electron chi connectivity index (χ3n) is 1.25. The minimum atomic E-state index is 0.167. The SMILES string of the molecule is CNc1ncccc1OCN. The highest BCUT2D eigenvalue weighted by atomic mass is 16.5. The molecule has 0 unspecified atom stereocenters. The van der Waals surface area contributed by atoms with Gasteiger partial charge in [0.05, 0.1) is 0 Å². The summed E-state index contributed by atoms with van der Waals surface area (Å²) in [6.07, 6.45) is 1.69. The number of aromatic nitrogens is 1. The van der Waals surface area contributed by atoms with Gasteiger partial charge in [0.15, 0.2) is 11.6 Å². The molecule has 0 fully saturated rings. The van der Waals surface area contributed by atoms with Gasteiger partial charge in [-0.05, 0) is 12.1 Å². The summed E-state index contributed by atoms with van der Waals surface area (Å²) in [6, 6.07) is 3.61. The summed E-state index contributed by atoms with van der Waals surface area (Å²) < 4.78 is 5.08. The number of pyridine rings is 1. The number of hydrogen-bond donors (Lipinski definition) is 2. The van der Waals surface area contributed by atoms with Gasteiger partial charge in [0.25, 0.3) is 0 Å². The molecule has 0 saturated heterocycles. The van der Waals surface area contributed by atoms with E-state index in [1.54, 1.807) is 19.3 Å². The van der Waals surface area contributed by atoms with Gasteiger partial charge in [-0.25, -0.2) is 4.98 Å². The van der Waals surface area contributed by atoms with Crippen molar-refractivity contribution in [3.8, 4) is 5.75 Å². The van der Waals surface area contributed by atoms with Crippen LogP contribution >= 0.6 is 0 Å². The van der Waals surface area contributed by atoms with E-state index in [0.29, 0.717) is 11.6 Å². The minimum absolute atomic E-state index is 0.167. The number of nitrogens with one attached hydrogen (secondary N) is 1. The molecule has 0 aliphatic rings. The first kappa shape index (κ1) is 7.81. The summed E-state index contributed by atoms with van der Waals surface area (Å²) in [5, 5.41) is 2.89. The molecule has 0 spiro atoms. The first-order chi connectivity index (χ1) is 5.38. The molecule has 1 rings (SSSR count). The molecule has 60 valence electrons. The Kier molecular flexibility index (Phi) is 2.68. The van der Waals surface area contributed by atoms with Crippen LogP contribution in [0.5, 0.6) is 5.75 Å². The maximum atomic E-state index is 5.21. The molecule has 4 heteroatoms. The van der Waals surface area contributed by atoms with E-state index in [4.69, 9.17) is 10.5 Å². The molecular formula is C7H11N3O. The highest BCUT2D eigenvalue weighted by Crippen LogP contribution is 2.18. The zero-order chi connectivity index (χ0) is 8.10. The Morgan fingerprint density at radius 1 is 1.73 bits per heavy atom. The highest BCUT2D eigenvalue weighted by Gasteiger charge is 1.98. The highest BCUT2D eigenvalue weighted by molar-refractivity contribution is 5.48. The molecule has 1 aromatic heterocycles. The number of hydrogen-bond acceptors (Lipinski definition) is 4. The van der Waals surface area contributed by atoms with E-state index in [1.165, 1.54) is 0 Å². The predicted molar refractivity (Wildman–Crippen MR) is 43.5 cm³/mol. The van der Waals surface area contributed by atoms with Crippen LogP contribution in [-0.2, 0) is 0 Å². The molecule has 3 N–H and O–H groups in total. The van der Waals surface area contributed by atoms with Crippen molar-refractivity contribution in [1.29, 1.82) is 0 Å². The largest absolute Gasteiger partial charge is 0.475 e. The Labute approximate surface area is 65.4 Å². The summed E-state index contributed by atoms with van der Waals surface area (Å²) in [5.74, 6) is 1.38. The first-order valence-electron chi connectivity index (χ1n) is 3.34. The molecule has 11 heavy (non-hydrogen) atoms. The summed E-state index contributed by atoms with van der Waals surface area (Å²) in [4.78, 5) is 4.02. The standard InChI is InChI=1S/C7H11N3O/c1-9-7-6(11-5-8)3-2-4-10-7/h2-4H,5,8H2,1H3,(H,9,10). The fourth-order valence-electron chi connectivity index (χ4n) is 0.785. The van der Waals surface area contributed by atoms with Crippen molar-refractivity contribution >= 4 is 5.82 Å². The summed E-state index contributed by atoms with van der Waals surface area (Å²) in [7, 11) is 1.78. The van der Waals surface area contributed by atoms with Crippen LogP contribution in [0, 0.1) is 0 Å². The Morgan fingerprint density at radius 3 is 3.18 bits per heavy atom. The normalized spacial score (nSPS) is 9.27. The molecule has 0 aliphatic heterocycles. The number of ether oxygens (including phenoxy) is 1. The van der Waals surface area contributed by atoms with E-state index in [-0.39, 0.29) is 6.73 Å². The minimum Gasteiger partial charge on any atom is -0.475 e. The number of anilines is 1. The van der Waals surface area contributed by atoms with Gasteiger partial charge < -0.3 is 10.1 Å². The van der Waals surface area contributed by atoms with E-state index >= 15 is 0 Å². The van der Waals surface area contributed by atoms with Gasteiger partial charge in [0, 0.05) is 13.2 Å². The van der Waals surface area contributed by atoms with Gasteiger partial charge in [-0.2, -0.15) is 0 Å². The van der Waals surface area contributed by atoms with Crippen molar-refractivity contribution < 1.29 is 4.74 Å². The second kappa shape index (κ2) is 3.78. The van der Waals surface area contributed by atoms with Crippen molar-refractivity contribution in [3.63, 3.8) is 0 Å². The van der Waals surface area contributed by atoms with Crippen LogP contribution in [0.3, 0.4) is 0 Å². The van der Waals surface area contributed by atoms with Crippen molar-refractivity contribution in [2.45, 2.75) is 0 Å². The second-order valence-electron chi connectivity index (χ2n) is 1.91. The van der Waals surface area contributed by atoms with E-state index < -0.39 is 0 Å². The smallest absolute Gasteiger partial charge is 0.168 e. The third-order valence-corrected chi connectivity index (χ3v) is 1.25. The Bertz CT molecular complexity index is 227. The molecule has 0 saturated carbocycles. The molecule has 0 radical (unpaired) electrons. The fourth-order valence-corrected chi connectivity index (χ4v) is 0.785. The van der Waals surface area contributed by atoms with Crippen molar-refractivity contribution in [2.75, 3.05) is 19.1 Å². The van der Waals surface area contributed by atoms with Crippen LogP contribution in [0.2, 0.25) is 0 Å². The molecular weight excluding hydrogens is 142 g/mol.